The summed E-state index contributed by atoms with van der Waals surface area (Å²) in [5.41, 5.74) is 15.6. The average Bonchev–Trinajstić information content (AvgIpc) is 3.32. The predicted molar refractivity (Wildman–Crippen MR) is 243 cm³/mol. The van der Waals surface area contributed by atoms with Crippen LogP contribution >= 0.6 is 0 Å². The molecule has 0 aliphatic carbocycles. The first-order valence-corrected chi connectivity index (χ1v) is 20.2. The van der Waals surface area contributed by atoms with Gasteiger partial charge in [-0.25, -0.2) is 0 Å². The van der Waals surface area contributed by atoms with Crippen molar-refractivity contribution in [1.29, 1.82) is 0 Å². The van der Waals surface area contributed by atoms with E-state index >= 15 is 4.79 Å². The number of nitrogens with zero attached hydrogens (tertiary/aromatic N) is 2. The second-order valence-corrected chi connectivity index (χ2v) is 15.6. The molecule has 3 heteroatoms. The predicted octanol–water partition coefficient (Wildman–Crippen LogP) is 13.6. The van der Waals surface area contributed by atoms with Gasteiger partial charge in [-0.05, 0) is 116 Å². The van der Waals surface area contributed by atoms with E-state index in [0.29, 0.717) is 5.39 Å². The van der Waals surface area contributed by atoms with Gasteiger partial charge in [-0.15, -0.1) is 0 Å². The summed E-state index contributed by atoms with van der Waals surface area (Å²) in [6.07, 6.45) is 0. The number of fused-ring (bicyclic) bond motifs is 10. The molecule has 0 amide bonds. The largest absolute Gasteiger partial charge is 0.310 e. The quantitative estimate of drug-likeness (QED) is 0.167. The van der Waals surface area contributed by atoms with Crippen LogP contribution in [0.15, 0.2) is 223 Å². The highest BCUT2D eigenvalue weighted by molar-refractivity contribution is 6.11. The van der Waals surface area contributed by atoms with Crippen molar-refractivity contribution in [2.45, 2.75) is 5.41 Å². The number of hydrogen-bond donors (Lipinski definition) is 0. The molecule has 3 heterocycles. The summed E-state index contributed by atoms with van der Waals surface area (Å²) in [7, 11) is 0. The summed E-state index contributed by atoms with van der Waals surface area (Å²) >= 11 is 0. The van der Waals surface area contributed by atoms with Gasteiger partial charge in [-0.3, -0.25) is 9.36 Å². The zero-order valence-electron chi connectivity index (χ0n) is 32.1. The van der Waals surface area contributed by atoms with Crippen molar-refractivity contribution in [3.63, 3.8) is 0 Å². The average molecular weight is 753 g/mol. The first-order valence-electron chi connectivity index (χ1n) is 20.2. The Kier molecular flexibility index (Phi) is 7.29. The van der Waals surface area contributed by atoms with E-state index < -0.39 is 5.41 Å². The van der Waals surface area contributed by atoms with E-state index in [-0.39, 0.29) is 5.56 Å². The maximum Gasteiger partial charge on any atom is 0.263 e. The van der Waals surface area contributed by atoms with Crippen LogP contribution in [0.1, 0.15) is 22.3 Å². The first kappa shape index (κ1) is 33.4. The third-order valence-electron chi connectivity index (χ3n) is 12.6. The normalized spacial score (nSPS) is 13.3. The molecule has 276 valence electrons. The van der Waals surface area contributed by atoms with Crippen molar-refractivity contribution in [1.82, 2.24) is 4.57 Å². The van der Waals surface area contributed by atoms with Gasteiger partial charge >= 0.3 is 0 Å². The van der Waals surface area contributed by atoms with Crippen LogP contribution < -0.4 is 10.5 Å². The molecule has 0 saturated heterocycles. The van der Waals surface area contributed by atoms with Crippen LogP contribution in [0, 0.1) is 0 Å². The monoisotopic (exact) mass is 752 g/mol. The van der Waals surface area contributed by atoms with Gasteiger partial charge < -0.3 is 4.90 Å². The number of aromatic nitrogens is 1. The number of para-hydroxylation sites is 3. The molecule has 2 aliphatic rings. The molecule has 10 aromatic rings. The highest BCUT2D eigenvalue weighted by Crippen LogP contribution is 2.62. The zero-order chi connectivity index (χ0) is 39.1. The molecule has 0 fully saturated rings. The van der Waals surface area contributed by atoms with E-state index in [4.69, 9.17) is 0 Å². The van der Waals surface area contributed by atoms with Gasteiger partial charge in [0.05, 0.1) is 28.0 Å². The van der Waals surface area contributed by atoms with Gasteiger partial charge in [-0.2, -0.15) is 0 Å². The summed E-state index contributed by atoms with van der Waals surface area (Å²) in [6.45, 7) is 0. The molecule has 2 aliphatic heterocycles. The smallest absolute Gasteiger partial charge is 0.263 e. The Labute approximate surface area is 342 Å². The fourth-order valence-corrected chi connectivity index (χ4v) is 10.0. The number of hydrogen-bond acceptors (Lipinski definition) is 2. The summed E-state index contributed by atoms with van der Waals surface area (Å²) in [5, 5.41) is 2.71. The van der Waals surface area contributed by atoms with Crippen LogP contribution in [0.5, 0.6) is 0 Å². The molecule has 0 saturated carbocycles. The Morgan fingerprint density at radius 1 is 0.322 bits per heavy atom. The molecule has 9 aromatic carbocycles. The van der Waals surface area contributed by atoms with E-state index in [1.54, 1.807) is 0 Å². The number of pyridine rings is 1. The minimum atomic E-state index is -0.821. The van der Waals surface area contributed by atoms with Gasteiger partial charge in [-0.1, -0.05) is 164 Å². The molecule has 0 bridgehead atoms. The Hall–Kier alpha value is -7.75. The van der Waals surface area contributed by atoms with E-state index in [1.807, 2.05) is 16.7 Å². The molecule has 59 heavy (non-hydrogen) atoms. The fourth-order valence-electron chi connectivity index (χ4n) is 10.0. The Morgan fingerprint density at radius 3 is 1.41 bits per heavy atom. The highest BCUT2D eigenvalue weighted by Gasteiger charge is 2.51. The van der Waals surface area contributed by atoms with Gasteiger partial charge in [0.25, 0.3) is 5.56 Å². The van der Waals surface area contributed by atoms with Gasteiger partial charge in [0, 0.05) is 16.5 Å². The molecule has 0 N–H and O–H groups in total. The maximum absolute atomic E-state index is 15.2. The van der Waals surface area contributed by atoms with Gasteiger partial charge in [0.2, 0.25) is 0 Å². The lowest BCUT2D eigenvalue weighted by Gasteiger charge is -2.49. The van der Waals surface area contributed by atoms with Crippen molar-refractivity contribution >= 4 is 38.7 Å². The number of benzene rings is 9. The molecule has 1 spiro atoms. The topological polar surface area (TPSA) is 25.2 Å². The summed E-state index contributed by atoms with van der Waals surface area (Å²) in [5.74, 6) is 0. The summed E-state index contributed by atoms with van der Waals surface area (Å²) in [4.78, 5) is 17.6. The van der Waals surface area contributed by atoms with E-state index in [2.05, 4.69) is 211 Å². The number of rotatable bonds is 4. The van der Waals surface area contributed by atoms with Crippen LogP contribution in [0.4, 0.5) is 17.1 Å². The van der Waals surface area contributed by atoms with Crippen LogP contribution in [-0.4, -0.2) is 4.57 Å². The van der Waals surface area contributed by atoms with Crippen molar-refractivity contribution < 1.29 is 0 Å². The molecule has 0 radical (unpaired) electrons. The third kappa shape index (κ3) is 4.79. The molecular weight excluding hydrogens is 717 g/mol. The molecule has 0 unspecified atom stereocenters. The standard InChI is InChI=1S/C56H36N2O/c59-55-45-31-28-40(37-16-5-1-6-17-37)34-46(45)44-24-15-26-48-54(44)58(55)51-27-14-13-25-47(51)56(48)49-35-41(38-18-7-2-8-19-38)29-32-52(49)57(43-22-11-4-12-23-43)53-33-30-42(36-50(53)56)39-20-9-3-10-21-39/h1-36H. The fraction of sp³-hybridized carbons (Fsp3) is 0.0179. The highest BCUT2D eigenvalue weighted by atomic mass is 16.1. The molecule has 1 aromatic heterocycles. The Bertz CT molecular complexity index is 3240. The number of anilines is 3. The lowest BCUT2D eigenvalue weighted by atomic mass is 9.60. The molecular formula is C56H36N2O. The van der Waals surface area contributed by atoms with Crippen LogP contribution in [0.25, 0.3) is 60.7 Å². The maximum atomic E-state index is 15.2. The summed E-state index contributed by atoms with van der Waals surface area (Å²) < 4.78 is 2.00. The van der Waals surface area contributed by atoms with Crippen molar-refractivity contribution in [3.05, 3.63) is 251 Å². The van der Waals surface area contributed by atoms with Crippen molar-refractivity contribution in [2.75, 3.05) is 4.90 Å². The SMILES string of the molecule is O=c1c2ccc(-c3ccccc3)cc2c2cccc3c2n1-c1ccccc1C31c2cc(-c3ccccc3)ccc2N(c2ccccc2)c2ccc(-c3ccccc3)cc21. The first-order chi connectivity index (χ1) is 29.2. The van der Waals surface area contributed by atoms with E-state index in [1.165, 1.54) is 0 Å². The molecule has 0 atom stereocenters. The van der Waals surface area contributed by atoms with Gasteiger partial charge in [0.15, 0.2) is 0 Å². The summed E-state index contributed by atoms with van der Waals surface area (Å²) in [6, 6.07) is 78.0. The Morgan fingerprint density at radius 2 is 0.814 bits per heavy atom. The zero-order valence-corrected chi connectivity index (χ0v) is 32.1. The molecule has 3 nitrogen and oxygen atoms in total. The van der Waals surface area contributed by atoms with Crippen molar-refractivity contribution in [3.8, 4) is 39.1 Å². The van der Waals surface area contributed by atoms with E-state index in [0.717, 1.165) is 94.7 Å². The Balaban J connectivity index is 1.28. The van der Waals surface area contributed by atoms with Crippen LogP contribution in [0.3, 0.4) is 0 Å². The second-order valence-electron chi connectivity index (χ2n) is 15.6. The third-order valence-corrected chi connectivity index (χ3v) is 12.6. The minimum Gasteiger partial charge on any atom is -0.310 e. The van der Waals surface area contributed by atoms with Crippen LogP contribution in [0.2, 0.25) is 0 Å². The molecule has 12 rings (SSSR count). The van der Waals surface area contributed by atoms with Crippen molar-refractivity contribution in [2.24, 2.45) is 0 Å². The lowest BCUT2D eigenvalue weighted by molar-refractivity contribution is 0.709. The van der Waals surface area contributed by atoms with Gasteiger partial charge in [0.1, 0.15) is 0 Å². The van der Waals surface area contributed by atoms with Crippen LogP contribution in [-0.2, 0) is 5.41 Å². The lowest BCUT2D eigenvalue weighted by Crippen LogP contribution is -2.42. The minimum absolute atomic E-state index is 0.0138. The second kappa shape index (κ2) is 12.9. The van der Waals surface area contributed by atoms with E-state index in [9.17, 15) is 0 Å².